The molecule has 0 saturated carbocycles. The molecule has 2 aromatic rings. The Kier molecular flexibility index (Phi) is 2.43. The number of primary amides is 1. The van der Waals surface area contributed by atoms with Gasteiger partial charge in [-0.25, -0.2) is 0 Å². The smallest absolute Gasteiger partial charge is 0.237 e. The minimum atomic E-state index is -0.362. The van der Waals surface area contributed by atoms with E-state index in [4.69, 9.17) is 10.8 Å². The Hall–Kier alpha value is -1.81. The summed E-state index contributed by atoms with van der Waals surface area (Å²) in [4.78, 5) is 10.8. The number of aromatic nitrogens is 1. The van der Waals surface area contributed by atoms with Crippen LogP contribution in [0, 0.1) is 0 Å². The van der Waals surface area contributed by atoms with E-state index in [9.17, 15) is 4.79 Å². The summed E-state index contributed by atoms with van der Waals surface area (Å²) in [5.41, 5.74) is 6.94. The van der Waals surface area contributed by atoms with Crippen LogP contribution in [-0.4, -0.2) is 15.6 Å². The molecule has 1 aromatic heterocycles. The first kappa shape index (κ1) is 9.73. The number of nitrogens with two attached hydrogens (primary N) is 1. The number of amides is 1. The van der Waals surface area contributed by atoms with Crippen molar-refractivity contribution in [3.63, 3.8) is 0 Å². The molecule has 0 unspecified atom stereocenters. The van der Waals surface area contributed by atoms with E-state index in [1.165, 1.54) is 0 Å². The number of carbonyl (C=O) groups excluding carboxylic acids is 1. The molecule has 4 nitrogen and oxygen atoms in total. The lowest BCUT2D eigenvalue weighted by Gasteiger charge is -2.02. The van der Waals surface area contributed by atoms with E-state index in [1.54, 1.807) is 4.57 Å². The molecule has 0 bridgehead atoms. The highest BCUT2D eigenvalue weighted by molar-refractivity contribution is 5.83. The number of hydrogen-bond donors (Lipinski definition) is 2. The maximum Gasteiger partial charge on any atom is 0.237 e. The quantitative estimate of drug-likeness (QED) is 0.769. The van der Waals surface area contributed by atoms with E-state index in [0.29, 0.717) is 0 Å². The topological polar surface area (TPSA) is 68.2 Å². The van der Waals surface area contributed by atoms with Crippen LogP contribution in [0.25, 0.3) is 10.9 Å². The lowest BCUT2D eigenvalue weighted by Crippen LogP contribution is -2.17. The van der Waals surface area contributed by atoms with Gasteiger partial charge < -0.3 is 15.4 Å². The number of nitrogens with zero attached hydrogens (tertiary/aromatic N) is 1. The van der Waals surface area contributed by atoms with Gasteiger partial charge in [0.05, 0.1) is 6.61 Å². The van der Waals surface area contributed by atoms with Gasteiger partial charge in [0.15, 0.2) is 0 Å². The van der Waals surface area contributed by atoms with E-state index in [-0.39, 0.29) is 19.1 Å². The zero-order chi connectivity index (χ0) is 10.8. The molecular weight excluding hydrogens is 192 g/mol. The molecular formula is C11H12N2O2. The van der Waals surface area contributed by atoms with Crippen molar-refractivity contribution in [3.8, 4) is 0 Å². The van der Waals surface area contributed by atoms with Crippen LogP contribution < -0.4 is 5.73 Å². The zero-order valence-electron chi connectivity index (χ0n) is 8.18. The van der Waals surface area contributed by atoms with Gasteiger partial charge in [0, 0.05) is 11.7 Å². The Morgan fingerprint density at radius 3 is 2.87 bits per heavy atom. The number of aliphatic hydroxyl groups excluding tert-OH is 1. The summed E-state index contributed by atoms with van der Waals surface area (Å²) in [6, 6.07) is 7.51. The van der Waals surface area contributed by atoms with Crippen molar-refractivity contribution >= 4 is 16.8 Å². The van der Waals surface area contributed by atoms with Crippen LogP contribution in [-0.2, 0) is 17.9 Å². The largest absolute Gasteiger partial charge is 0.392 e. The molecule has 3 N–H and O–H groups in total. The summed E-state index contributed by atoms with van der Waals surface area (Å²) >= 11 is 0. The minimum Gasteiger partial charge on any atom is -0.392 e. The Morgan fingerprint density at radius 1 is 1.40 bits per heavy atom. The monoisotopic (exact) mass is 204 g/mol. The van der Waals surface area contributed by atoms with Crippen molar-refractivity contribution in [2.24, 2.45) is 5.73 Å². The lowest BCUT2D eigenvalue weighted by atomic mass is 10.2. The fourth-order valence-corrected chi connectivity index (χ4v) is 1.65. The van der Waals surface area contributed by atoms with Gasteiger partial charge in [-0.05, 0) is 29.1 Å². The van der Waals surface area contributed by atoms with Crippen molar-refractivity contribution in [1.82, 2.24) is 4.57 Å². The summed E-state index contributed by atoms with van der Waals surface area (Å²) in [6.45, 7) is 0.207. The Labute approximate surface area is 86.9 Å². The average molecular weight is 204 g/mol. The second-order valence-corrected chi connectivity index (χ2v) is 3.46. The molecule has 0 aliphatic carbocycles. The predicted octanol–water partition coefficient (Wildman–Crippen LogP) is 0.619. The summed E-state index contributed by atoms with van der Waals surface area (Å²) in [5.74, 6) is -0.362. The van der Waals surface area contributed by atoms with Gasteiger partial charge in [-0.3, -0.25) is 4.79 Å². The second-order valence-electron chi connectivity index (χ2n) is 3.46. The Bertz CT molecular complexity index is 502. The number of benzene rings is 1. The number of aliphatic hydroxyl groups is 1. The van der Waals surface area contributed by atoms with Crippen molar-refractivity contribution in [2.75, 3.05) is 0 Å². The average Bonchev–Trinajstić information content (AvgIpc) is 2.60. The van der Waals surface area contributed by atoms with Gasteiger partial charge in [-0.1, -0.05) is 6.07 Å². The van der Waals surface area contributed by atoms with Crippen LogP contribution in [0.1, 0.15) is 5.56 Å². The van der Waals surface area contributed by atoms with Gasteiger partial charge in [-0.15, -0.1) is 0 Å². The highest BCUT2D eigenvalue weighted by Crippen LogP contribution is 2.17. The van der Waals surface area contributed by atoms with Gasteiger partial charge in [-0.2, -0.15) is 0 Å². The van der Waals surface area contributed by atoms with Crippen LogP contribution in [0.4, 0.5) is 0 Å². The van der Waals surface area contributed by atoms with Crippen molar-refractivity contribution in [3.05, 3.63) is 36.0 Å². The molecule has 0 fully saturated rings. The standard InChI is InChI=1S/C11H12N2O2/c12-11(15)6-13-4-3-9-5-8(7-14)1-2-10(9)13/h1-5,14H,6-7H2,(H2,12,15). The number of fused-ring (bicyclic) bond motifs is 1. The molecule has 0 aliphatic rings. The number of hydrogen-bond acceptors (Lipinski definition) is 2. The molecule has 15 heavy (non-hydrogen) atoms. The first-order valence-corrected chi connectivity index (χ1v) is 4.67. The van der Waals surface area contributed by atoms with Crippen LogP contribution in [0.15, 0.2) is 30.5 Å². The van der Waals surface area contributed by atoms with Gasteiger partial charge in [0.1, 0.15) is 6.54 Å². The molecule has 78 valence electrons. The van der Waals surface area contributed by atoms with Crippen molar-refractivity contribution < 1.29 is 9.90 Å². The Balaban J connectivity index is 2.47. The first-order chi connectivity index (χ1) is 7.20. The van der Waals surface area contributed by atoms with E-state index in [0.717, 1.165) is 16.5 Å². The lowest BCUT2D eigenvalue weighted by molar-refractivity contribution is -0.118. The van der Waals surface area contributed by atoms with Crippen LogP contribution in [0.2, 0.25) is 0 Å². The summed E-state index contributed by atoms with van der Waals surface area (Å²) in [6.07, 6.45) is 1.82. The maximum atomic E-state index is 10.8. The predicted molar refractivity (Wildman–Crippen MR) is 57.1 cm³/mol. The maximum absolute atomic E-state index is 10.8. The van der Waals surface area contributed by atoms with E-state index in [2.05, 4.69) is 0 Å². The van der Waals surface area contributed by atoms with Crippen LogP contribution in [0.5, 0.6) is 0 Å². The molecule has 1 amide bonds. The van der Waals surface area contributed by atoms with Crippen LogP contribution >= 0.6 is 0 Å². The van der Waals surface area contributed by atoms with Crippen LogP contribution in [0.3, 0.4) is 0 Å². The van der Waals surface area contributed by atoms with E-state index in [1.807, 2.05) is 30.5 Å². The normalized spacial score (nSPS) is 10.7. The third kappa shape index (κ3) is 1.85. The third-order valence-electron chi connectivity index (χ3n) is 2.34. The molecule has 4 heteroatoms. The molecule has 0 atom stereocenters. The highest BCUT2D eigenvalue weighted by Gasteiger charge is 2.03. The third-order valence-corrected chi connectivity index (χ3v) is 2.34. The number of carbonyl (C=O) groups is 1. The molecule has 0 spiro atoms. The summed E-state index contributed by atoms with van der Waals surface area (Å²) < 4.78 is 1.79. The fourth-order valence-electron chi connectivity index (χ4n) is 1.65. The first-order valence-electron chi connectivity index (χ1n) is 4.67. The SMILES string of the molecule is NC(=O)Cn1ccc2cc(CO)ccc21. The second kappa shape index (κ2) is 3.74. The molecule has 2 rings (SSSR count). The fraction of sp³-hybridized carbons (Fsp3) is 0.182. The van der Waals surface area contributed by atoms with Gasteiger partial charge in [0.2, 0.25) is 5.91 Å². The number of rotatable bonds is 3. The van der Waals surface area contributed by atoms with Gasteiger partial charge >= 0.3 is 0 Å². The summed E-state index contributed by atoms with van der Waals surface area (Å²) in [7, 11) is 0. The minimum absolute atomic E-state index is 0.0247. The molecule has 1 heterocycles. The molecule has 0 radical (unpaired) electrons. The Morgan fingerprint density at radius 2 is 2.20 bits per heavy atom. The summed E-state index contributed by atoms with van der Waals surface area (Å²) in [5, 5.41) is 9.97. The van der Waals surface area contributed by atoms with Gasteiger partial charge in [0.25, 0.3) is 0 Å². The van der Waals surface area contributed by atoms with Crippen molar-refractivity contribution in [1.29, 1.82) is 0 Å². The molecule has 1 aromatic carbocycles. The highest BCUT2D eigenvalue weighted by atomic mass is 16.3. The molecule has 0 saturated heterocycles. The van der Waals surface area contributed by atoms with E-state index < -0.39 is 0 Å². The molecule has 0 aliphatic heterocycles. The van der Waals surface area contributed by atoms with E-state index >= 15 is 0 Å². The van der Waals surface area contributed by atoms with Crippen molar-refractivity contribution in [2.45, 2.75) is 13.2 Å². The zero-order valence-corrected chi connectivity index (χ0v) is 8.18.